The Bertz CT molecular complexity index is 1480. The molecule has 1 atom stereocenters. The number of carbonyl (C=O) groups is 1. The number of nitrogens with zero attached hydrogens (tertiary/aromatic N) is 6. The highest BCUT2D eigenvalue weighted by atomic mass is 16.2. The van der Waals surface area contributed by atoms with Crippen molar-refractivity contribution in [3.8, 4) is 11.1 Å². The molecule has 1 saturated heterocycles. The van der Waals surface area contributed by atoms with Gasteiger partial charge in [-0.05, 0) is 73.9 Å². The van der Waals surface area contributed by atoms with Crippen LogP contribution in [0.25, 0.3) is 22.2 Å². The first-order chi connectivity index (χ1) is 19.1. The number of carbonyl (C=O) groups excluding carboxylic acids is 1. The number of aromatic nitrogens is 5. The third-order valence-electron chi connectivity index (χ3n) is 8.73. The third-order valence-corrected chi connectivity index (χ3v) is 8.73. The highest BCUT2D eigenvalue weighted by molar-refractivity contribution is 5.84. The number of benzene rings is 1. The summed E-state index contributed by atoms with van der Waals surface area (Å²) in [4.78, 5) is 29.6. The van der Waals surface area contributed by atoms with Crippen LogP contribution in [0.3, 0.4) is 0 Å². The van der Waals surface area contributed by atoms with Gasteiger partial charge in [0.25, 0.3) is 0 Å². The molecule has 202 valence electrons. The van der Waals surface area contributed by atoms with Crippen LogP contribution in [-0.2, 0) is 11.3 Å². The minimum atomic E-state index is 0.246. The van der Waals surface area contributed by atoms with Gasteiger partial charge in [0.1, 0.15) is 5.82 Å². The van der Waals surface area contributed by atoms with Crippen molar-refractivity contribution in [3.63, 3.8) is 0 Å². The van der Waals surface area contributed by atoms with Crippen molar-refractivity contribution in [2.75, 3.05) is 31.5 Å². The number of rotatable bonds is 8. The molecule has 7 rings (SSSR count). The standard InChI is InChI=1S/C30H36N8O/c1-20(36-11-13-37(14-12-36)29(39)22-5-6-22)23-9-10-31-28(16-23)35-30-33-26-8-7-24(15-27(26)34-30)25-17-32-38(19-25)18-21-3-2-4-21/h7-10,15-17,19-22H,2-6,11-14,18H2,1H3,(H2,31,33,34,35). The van der Waals surface area contributed by atoms with Gasteiger partial charge in [0.2, 0.25) is 11.9 Å². The van der Waals surface area contributed by atoms with E-state index in [0.717, 1.165) is 79.5 Å². The fraction of sp³-hybridized carbons (Fsp3) is 0.467. The van der Waals surface area contributed by atoms with E-state index in [2.05, 4.69) is 78.3 Å². The van der Waals surface area contributed by atoms with E-state index in [4.69, 9.17) is 4.98 Å². The Balaban J connectivity index is 1.01. The van der Waals surface area contributed by atoms with E-state index in [1.54, 1.807) is 0 Å². The van der Waals surface area contributed by atoms with Gasteiger partial charge in [-0.15, -0.1) is 0 Å². The number of amides is 1. The summed E-state index contributed by atoms with van der Waals surface area (Å²) in [5.74, 6) is 2.87. The van der Waals surface area contributed by atoms with Crippen molar-refractivity contribution >= 4 is 28.7 Å². The molecule has 3 fully saturated rings. The molecular weight excluding hydrogens is 488 g/mol. The van der Waals surface area contributed by atoms with Gasteiger partial charge in [0.15, 0.2) is 0 Å². The lowest BCUT2D eigenvalue weighted by atomic mass is 9.85. The molecule has 1 aliphatic heterocycles. The van der Waals surface area contributed by atoms with E-state index in [-0.39, 0.29) is 6.04 Å². The molecule has 4 aromatic rings. The Morgan fingerprint density at radius 3 is 2.69 bits per heavy atom. The molecular formula is C30H36N8O. The molecule has 4 heterocycles. The van der Waals surface area contributed by atoms with Crippen LogP contribution in [0, 0.1) is 11.8 Å². The predicted octanol–water partition coefficient (Wildman–Crippen LogP) is 4.98. The summed E-state index contributed by atoms with van der Waals surface area (Å²) >= 11 is 0. The Labute approximate surface area is 228 Å². The number of pyridine rings is 1. The second-order valence-electron chi connectivity index (χ2n) is 11.5. The van der Waals surface area contributed by atoms with Crippen molar-refractivity contribution in [3.05, 3.63) is 54.5 Å². The van der Waals surface area contributed by atoms with E-state index >= 15 is 0 Å². The van der Waals surface area contributed by atoms with Crippen LogP contribution in [-0.4, -0.2) is 66.6 Å². The topological polar surface area (TPSA) is 95.0 Å². The molecule has 3 aromatic heterocycles. The zero-order chi connectivity index (χ0) is 26.3. The number of aromatic amines is 1. The normalized spacial score (nSPS) is 19.3. The Hall–Kier alpha value is -3.72. The van der Waals surface area contributed by atoms with Gasteiger partial charge in [0.05, 0.1) is 17.2 Å². The summed E-state index contributed by atoms with van der Waals surface area (Å²) < 4.78 is 2.08. The van der Waals surface area contributed by atoms with Gasteiger partial charge in [0, 0.05) is 62.6 Å². The summed E-state index contributed by atoms with van der Waals surface area (Å²) in [5, 5.41) is 7.95. The average Bonchev–Trinajstić information content (AvgIpc) is 3.55. The number of nitrogens with one attached hydrogen (secondary N) is 2. The second-order valence-corrected chi connectivity index (χ2v) is 11.5. The van der Waals surface area contributed by atoms with Crippen LogP contribution >= 0.6 is 0 Å². The van der Waals surface area contributed by atoms with Crippen LogP contribution < -0.4 is 5.32 Å². The summed E-state index contributed by atoms with van der Waals surface area (Å²) in [6, 6.07) is 10.7. The second kappa shape index (κ2) is 10.1. The molecule has 0 radical (unpaired) electrons. The summed E-state index contributed by atoms with van der Waals surface area (Å²) in [6.07, 6.45) is 12.1. The van der Waals surface area contributed by atoms with Gasteiger partial charge < -0.3 is 15.2 Å². The van der Waals surface area contributed by atoms with Gasteiger partial charge in [-0.25, -0.2) is 9.97 Å². The monoisotopic (exact) mass is 524 g/mol. The first-order valence-electron chi connectivity index (χ1n) is 14.4. The minimum Gasteiger partial charge on any atom is -0.340 e. The lowest BCUT2D eigenvalue weighted by molar-refractivity contribution is -0.134. The summed E-state index contributed by atoms with van der Waals surface area (Å²) in [7, 11) is 0. The quantitative estimate of drug-likeness (QED) is 0.338. The van der Waals surface area contributed by atoms with E-state index in [1.165, 1.54) is 24.8 Å². The van der Waals surface area contributed by atoms with Crippen molar-refractivity contribution in [2.24, 2.45) is 11.8 Å². The van der Waals surface area contributed by atoms with Crippen molar-refractivity contribution in [1.29, 1.82) is 0 Å². The summed E-state index contributed by atoms with van der Waals surface area (Å²) in [6.45, 7) is 6.68. The molecule has 1 amide bonds. The molecule has 1 aromatic carbocycles. The molecule has 1 unspecified atom stereocenters. The SMILES string of the molecule is CC(c1ccnc(Nc2nc3ccc(-c4cnn(CC5CCC5)c4)cc3[nH]2)c1)N1CCN(C(=O)C2CC2)CC1. The number of hydrogen-bond acceptors (Lipinski definition) is 6. The first-order valence-corrected chi connectivity index (χ1v) is 14.4. The number of piperazine rings is 1. The first kappa shape index (κ1) is 24.3. The van der Waals surface area contributed by atoms with Gasteiger partial charge in [-0.1, -0.05) is 12.5 Å². The van der Waals surface area contributed by atoms with Crippen LogP contribution in [0.2, 0.25) is 0 Å². The Kier molecular flexibility index (Phi) is 6.31. The maximum atomic E-state index is 12.4. The molecule has 9 nitrogen and oxygen atoms in total. The highest BCUT2D eigenvalue weighted by Gasteiger charge is 2.35. The van der Waals surface area contributed by atoms with E-state index in [0.29, 0.717) is 17.8 Å². The van der Waals surface area contributed by atoms with Crippen molar-refractivity contribution in [2.45, 2.75) is 51.6 Å². The number of H-pyrrole nitrogens is 1. The van der Waals surface area contributed by atoms with Crippen molar-refractivity contribution < 1.29 is 4.79 Å². The molecule has 2 aliphatic carbocycles. The Morgan fingerprint density at radius 1 is 1.08 bits per heavy atom. The fourth-order valence-corrected chi connectivity index (χ4v) is 5.83. The number of hydrogen-bond donors (Lipinski definition) is 2. The van der Waals surface area contributed by atoms with E-state index in [9.17, 15) is 4.79 Å². The van der Waals surface area contributed by atoms with Crippen LogP contribution in [0.4, 0.5) is 11.8 Å². The smallest absolute Gasteiger partial charge is 0.225 e. The molecule has 0 spiro atoms. The number of imidazole rings is 1. The number of fused-ring (bicyclic) bond motifs is 1. The average molecular weight is 525 g/mol. The largest absolute Gasteiger partial charge is 0.340 e. The molecule has 2 N–H and O–H groups in total. The van der Waals surface area contributed by atoms with Crippen LogP contribution in [0.1, 0.15) is 50.6 Å². The zero-order valence-electron chi connectivity index (χ0n) is 22.5. The van der Waals surface area contributed by atoms with Crippen LogP contribution in [0.5, 0.6) is 0 Å². The van der Waals surface area contributed by atoms with E-state index in [1.807, 2.05) is 12.4 Å². The molecule has 9 heteroatoms. The number of anilines is 2. The van der Waals surface area contributed by atoms with E-state index < -0.39 is 0 Å². The van der Waals surface area contributed by atoms with Crippen molar-refractivity contribution in [1.82, 2.24) is 34.5 Å². The van der Waals surface area contributed by atoms with Gasteiger partial charge in [-0.3, -0.25) is 14.4 Å². The lowest BCUT2D eigenvalue weighted by Crippen LogP contribution is -2.49. The molecule has 3 aliphatic rings. The summed E-state index contributed by atoms with van der Waals surface area (Å²) in [5.41, 5.74) is 5.34. The molecule has 39 heavy (non-hydrogen) atoms. The third kappa shape index (κ3) is 5.15. The van der Waals surface area contributed by atoms with Gasteiger partial charge in [-0.2, -0.15) is 5.10 Å². The fourth-order valence-electron chi connectivity index (χ4n) is 5.83. The maximum Gasteiger partial charge on any atom is 0.225 e. The highest BCUT2D eigenvalue weighted by Crippen LogP contribution is 2.32. The maximum absolute atomic E-state index is 12.4. The predicted molar refractivity (Wildman–Crippen MR) is 151 cm³/mol. The van der Waals surface area contributed by atoms with Crippen LogP contribution in [0.15, 0.2) is 48.9 Å². The lowest BCUT2D eigenvalue weighted by Gasteiger charge is -2.38. The molecule has 0 bridgehead atoms. The Morgan fingerprint density at radius 2 is 1.92 bits per heavy atom. The minimum absolute atomic E-state index is 0.246. The van der Waals surface area contributed by atoms with Gasteiger partial charge >= 0.3 is 0 Å². The molecule has 2 saturated carbocycles. The zero-order valence-corrected chi connectivity index (χ0v) is 22.5.